The molecule has 2 atom stereocenters. The van der Waals surface area contributed by atoms with Gasteiger partial charge in [0.1, 0.15) is 16.7 Å². The molecule has 0 spiro atoms. The predicted molar refractivity (Wildman–Crippen MR) is 81.6 cm³/mol. The van der Waals surface area contributed by atoms with Crippen LogP contribution < -0.4 is 0 Å². The van der Waals surface area contributed by atoms with Crippen molar-refractivity contribution in [3.8, 4) is 6.07 Å². The number of carbonyl (C=O) groups excluding carboxylic acids is 1. The zero-order valence-electron chi connectivity index (χ0n) is 12.9. The zero-order chi connectivity index (χ0) is 16.3. The van der Waals surface area contributed by atoms with E-state index in [9.17, 15) is 9.00 Å². The molecule has 6 nitrogen and oxygen atoms in total. The van der Waals surface area contributed by atoms with Gasteiger partial charge in [-0.2, -0.15) is 5.26 Å². The number of nitrogens with zero attached hydrogens (tertiary/aromatic N) is 3. The minimum absolute atomic E-state index is 0.227. The lowest BCUT2D eigenvalue weighted by molar-refractivity contribution is 0.0295. The largest absolute Gasteiger partial charge is 0.444 e. The molecule has 2 heterocycles. The molecule has 0 bridgehead atoms. The Bertz CT molecular complexity index is 634. The van der Waals surface area contributed by atoms with Gasteiger partial charge < -0.3 is 9.64 Å². The molecule has 1 aliphatic heterocycles. The average Bonchev–Trinajstić information content (AvgIpc) is 2.94. The van der Waals surface area contributed by atoms with E-state index < -0.39 is 22.5 Å². The van der Waals surface area contributed by atoms with Gasteiger partial charge in [-0.3, -0.25) is 4.21 Å². The Hall–Kier alpha value is -1.94. The van der Waals surface area contributed by atoms with Crippen LogP contribution in [0, 0.1) is 11.3 Å². The number of nitriles is 1. The lowest BCUT2D eigenvalue weighted by atomic mass is 10.2. The lowest BCUT2D eigenvalue weighted by Gasteiger charge is -2.24. The van der Waals surface area contributed by atoms with Gasteiger partial charge in [0.25, 0.3) is 0 Å². The molecule has 1 amide bonds. The van der Waals surface area contributed by atoms with Crippen LogP contribution in [0.3, 0.4) is 0 Å². The fourth-order valence-electron chi connectivity index (χ4n) is 2.19. The van der Waals surface area contributed by atoms with Crippen LogP contribution in [-0.4, -0.2) is 44.1 Å². The van der Waals surface area contributed by atoms with Crippen LogP contribution in [0.15, 0.2) is 23.4 Å². The van der Waals surface area contributed by atoms with E-state index in [4.69, 9.17) is 10.00 Å². The summed E-state index contributed by atoms with van der Waals surface area (Å²) in [5, 5.41) is 9.13. The van der Waals surface area contributed by atoms with E-state index in [1.807, 2.05) is 26.8 Å². The first-order chi connectivity index (χ1) is 10.3. The molecule has 0 unspecified atom stereocenters. The predicted octanol–water partition coefficient (Wildman–Crippen LogP) is 2.07. The number of hydrogen-bond donors (Lipinski definition) is 0. The maximum atomic E-state index is 12.6. The van der Waals surface area contributed by atoms with Gasteiger partial charge in [0.2, 0.25) is 0 Å². The topological polar surface area (TPSA) is 83.3 Å². The van der Waals surface area contributed by atoms with Crippen LogP contribution in [0.2, 0.25) is 0 Å². The smallest absolute Gasteiger partial charge is 0.410 e. The Morgan fingerprint density at radius 1 is 1.55 bits per heavy atom. The average molecular weight is 321 g/mol. The van der Waals surface area contributed by atoms with Crippen LogP contribution in [0.25, 0.3) is 0 Å². The Labute approximate surface area is 132 Å². The molecule has 1 saturated heterocycles. The van der Waals surface area contributed by atoms with E-state index in [2.05, 4.69) is 4.98 Å². The second kappa shape index (κ2) is 6.44. The number of hydrogen-bond acceptors (Lipinski definition) is 5. The summed E-state index contributed by atoms with van der Waals surface area (Å²) in [6.45, 7) is 6.28. The van der Waals surface area contributed by atoms with Crippen molar-refractivity contribution in [2.75, 3.05) is 13.1 Å². The Balaban J connectivity index is 2.06. The van der Waals surface area contributed by atoms with Crippen LogP contribution >= 0.6 is 0 Å². The highest BCUT2D eigenvalue weighted by Gasteiger charge is 2.34. The van der Waals surface area contributed by atoms with Gasteiger partial charge in [0, 0.05) is 19.3 Å². The summed E-state index contributed by atoms with van der Waals surface area (Å²) in [5.74, 6) is 0. The molecule has 22 heavy (non-hydrogen) atoms. The molecular weight excluding hydrogens is 302 g/mol. The number of pyridine rings is 1. The monoisotopic (exact) mass is 321 g/mol. The van der Waals surface area contributed by atoms with E-state index in [1.54, 1.807) is 17.0 Å². The summed E-state index contributed by atoms with van der Waals surface area (Å²) in [6, 6.07) is 5.24. The zero-order valence-corrected chi connectivity index (χ0v) is 13.7. The molecule has 1 fully saturated rings. The highest BCUT2D eigenvalue weighted by molar-refractivity contribution is 7.85. The molecule has 0 aromatic carbocycles. The van der Waals surface area contributed by atoms with E-state index in [0.717, 1.165) is 0 Å². The normalized spacial score (nSPS) is 19.5. The lowest BCUT2D eigenvalue weighted by Crippen LogP contribution is -2.36. The standard InChI is InChI=1S/C15H19N3O3S/c1-15(2,3)21-14(19)18-8-6-12(10-18)22(20)13-11(9-16)5-4-7-17-13/h4-5,7,12H,6,8,10H2,1-3H3/t12-,22+/m1/s1. The fourth-order valence-corrected chi connectivity index (χ4v) is 3.64. The van der Waals surface area contributed by atoms with Crippen LogP contribution in [-0.2, 0) is 15.5 Å². The first-order valence-corrected chi connectivity index (χ1v) is 8.27. The van der Waals surface area contributed by atoms with Crippen LogP contribution in [0.1, 0.15) is 32.8 Å². The molecule has 2 rings (SSSR count). The van der Waals surface area contributed by atoms with Crippen molar-refractivity contribution in [2.45, 2.75) is 43.1 Å². The van der Waals surface area contributed by atoms with Gasteiger partial charge >= 0.3 is 6.09 Å². The molecule has 1 aromatic rings. The third kappa shape index (κ3) is 3.83. The second-order valence-electron chi connectivity index (χ2n) is 6.10. The van der Waals surface area contributed by atoms with Gasteiger partial charge in [0.15, 0.2) is 0 Å². The quantitative estimate of drug-likeness (QED) is 0.832. The number of rotatable bonds is 2. The number of carbonyl (C=O) groups is 1. The van der Waals surface area contributed by atoms with E-state index in [-0.39, 0.29) is 5.25 Å². The molecule has 0 N–H and O–H groups in total. The molecule has 0 radical (unpaired) electrons. The summed E-state index contributed by atoms with van der Waals surface area (Å²) < 4.78 is 17.9. The fraction of sp³-hybridized carbons (Fsp3) is 0.533. The van der Waals surface area contributed by atoms with Crippen LogP contribution in [0.4, 0.5) is 4.79 Å². The molecule has 0 saturated carbocycles. The molecular formula is C15H19N3O3S. The molecule has 7 heteroatoms. The van der Waals surface area contributed by atoms with Crippen molar-refractivity contribution in [2.24, 2.45) is 0 Å². The van der Waals surface area contributed by atoms with Gasteiger partial charge in [-0.1, -0.05) is 0 Å². The summed E-state index contributed by atoms with van der Waals surface area (Å²) in [4.78, 5) is 17.6. The number of ether oxygens (including phenoxy) is 1. The van der Waals surface area contributed by atoms with E-state index in [1.165, 1.54) is 6.20 Å². The highest BCUT2D eigenvalue weighted by atomic mass is 32.2. The molecule has 118 valence electrons. The van der Waals surface area contributed by atoms with Crippen molar-refractivity contribution in [3.63, 3.8) is 0 Å². The van der Waals surface area contributed by atoms with E-state index >= 15 is 0 Å². The SMILES string of the molecule is CC(C)(C)OC(=O)N1CC[C@@H]([S@](=O)c2ncccc2C#N)C1. The minimum Gasteiger partial charge on any atom is -0.444 e. The van der Waals surface area contributed by atoms with Crippen molar-refractivity contribution in [3.05, 3.63) is 23.9 Å². The Morgan fingerprint density at radius 2 is 2.27 bits per heavy atom. The maximum Gasteiger partial charge on any atom is 0.410 e. The van der Waals surface area contributed by atoms with Crippen molar-refractivity contribution < 1.29 is 13.7 Å². The summed E-state index contributed by atoms with van der Waals surface area (Å²) in [5.41, 5.74) is -0.236. The van der Waals surface area contributed by atoms with Crippen LogP contribution in [0.5, 0.6) is 0 Å². The first-order valence-electron chi connectivity index (χ1n) is 7.05. The molecule has 0 aliphatic carbocycles. The maximum absolute atomic E-state index is 12.6. The van der Waals surface area contributed by atoms with Crippen molar-refractivity contribution >= 4 is 16.9 Å². The first kappa shape index (κ1) is 16.4. The van der Waals surface area contributed by atoms with Gasteiger partial charge in [-0.15, -0.1) is 0 Å². The van der Waals surface area contributed by atoms with Gasteiger partial charge in [0.05, 0.1) is 21.6 Å². The summed E-state index contributed by atoms with van der Waals surface area (Å²) in [7, 11) is -1.41. The second-order valence-corrected chi connectivity index (χ2v) is 7.75. The van der Waals surface area contributed by atoms with Gasteiger partial charge in [-0.25, -0.2) is 9.78 Å². The van der Waals surface area contributed by atoms with E-state index in [0.29, 0.717) is 30.1 Å². The van der Waals surface area contributed by atoms with Gasteiger partial charge in [-0.05, 0) is 39.3 Å². The van der Waals surface area contributed by atoms with Crippen molar-refractivity contribution in [1.82, 2.24) is 9.88 Å². The molecule has 1 aliphatic rings. The number of aromatic nitrogens is 1. The number of amides is 1. The van der Waals surface area contributed by atoms with Crippen molar-refractivity contribution in [1.29, 1.82) is 5.26 Å². The minimum atomic E-state index is -1.41. The Kier molecular flexibility index (Phi) is 4.81. The Morgan fingerprint density at radius 3 is 2.91 bits per heavy atom. The number of likely N-dealkylation sites (tertiary alicyclic amines) is 1. The molecule has 1 aromatic heterocycles. The summed E-state index contributed by atoms with van der Waals surface area (Å²) in [6.07, 6.45) is 1.73. The summed E-state index contributed by atoms with van der Waals surface area (Å²) >= 11 is 0. The highest BCUT2D eigenvalue weighted by Crippen LogP contribution is 2.22. The third-order valence-electron chi connectivity index (χ3n) is 3.18. The third-order valence-corrected chi connectivity index (χ3v) is 4.88.